The first-order valence-corrected chi connectivity index (χ1v) is 7.02. The summed E-state index contributed by atoms with van der Waals surface area (Å²) in [5, 5.41) is 2.31. The molecule has 0 atom stereocenters. The normalized spacial score (nSPS) is 11.3. The summed E-state index contributed by atoms with van der Waals surface area (Å²) in [5.41, 5.74) is 11.2. The lowest BCUT2D eigenvalue weighted by Crippen LogP contribution is -1.99. The maximum Gasteiger partial charge on any atom is 0.0734 e. The van der Waals surface area contributed by atoms with Crippen LogP contribution in [0.25, 0.3) is 33.1 Å². The Morgan fingerprint density at radius 3 is 2.57 bits per heavy atom. The van der Waals surface area contributed by atoms with Crippen molar-refractivity contribution in [3.8, 4) is 11.3 Å². The lowest BCUT2D eigenvalue weighted by atomic mass is 10.0. The number of rotatable bonds is 2. The number of hydrogen-bond donors (Lipinski definition) is 2. The zero-order chi connectivity index (χ0) is 14.2. The van der Waals surface area contributed by atoms with Gasteiger partial charge in [-0.25, -0.2) is 4.98 Å². The van der Waals surface area contributed by atoms with Crippen molar-refractivity contribution in [2.45, 2.75) is 6.54 Å². The molecular weight excluding hydrogens is 258 g/mol. The minimum Gasteiger partial charge on any atom is -0.360 e. The van der Waals surface area contributed by atoms with Crippen molar-refractivity contribution in [2.24, 2.45) is 5.73 Å². The number of H-pyrrole nitrogens is 1. The molecule has 4 rings (SSSR count). The van der Waals surface area contributed by atoms with E-state index in [4.69, 9.17) is 10.7 Å². The van der Waals surface area contributed by atoms with Gasteiger partial charge < -0.3 is 10.7 Å². The van der Waals surface area contributed by atoms with Crippen LogP contribution in [0.3, 0.4) is 0 Å². The van der Waals surface area contributed by atoms with Crippen LogP contribution in [0.1, 0.15) is 5.56 Å². The van der Waals surface area contributed by atoms with E-state index < -0.39 is 0 Å². The second-order valence-corrected chi connectivity index (χ2v) is 5.14. The average molecular weight is 273 g/mol. The first-order valence-electron chi connectivity index (χ1n) is 7.02. The number of aromatic nitrogens is 2. The molecule has 0 radical (unpaired) electrons. The smallest absolute Gasteiger partial charge is 0.0734 e. The van der Waals surface area contributed by atoms with Gasteiger partial charge in [-0.15, -0.1) is 0 Å². The molecule has 0 fully saturated rings. The van der Waals surface area contributed by atoms with E-state index in [2.05, 4.69) is 29.2 Å². The van der Waals surface area contributed by atoms with E-state index in [0.717, 1.165) is 33.2 Å². The van der Waals surface area contributed by atoms with Gasteiger partial charge in [-0.05, 0) is 23.8 Å². The molecule has 0 aliphatic carbocycles. The van der Waals surface area contributed by atoms with Crippen LogP contribution in [-0.4, -0.2) is 9.97 Å². The summed E-state index contributed by atoms with van der Waals surface area (Å²) in [6.07, 6.45) is 2.02. The van der Waals surface area contributed by atoms with Crippen LogP contribution in [0.4, 0.5) is 0 Å². The number of nitrogens with one attached hydrogen (secondary N) is 1. The second-order valence-electron chi connectivity index (χ2n) is 5.14. The van der Waals surface area contributed by atoms with Gasteiger partial charge >= 0.3 is 0 Å². The quantitative estimate of drug-likeness (QED) is 0.583. The van der Waals surface area contributed by atoms with Gasteiger partial charge in [0.2, 0.25) is 0 Å². The number of fused-ring (bicyclic) bond motifs is 2. The van der Waals surface area contributed by atoms with Crippen molar-refractivity contribution in [1.29, 1.82) is 0 Å². The molecule has 2 aromatic heterocycles. The molecule has 4 aromatic rings. The summed E-state index contributed by atoms with van der Waals surface area (Å²) >= 11 is 0. The zero-order valence-electron chi connectivity index (χ0n) is 11.5. The summed E-state index contributed by atoms with van der Waals surface area (Å²) in [5.74, 6) is 0. The maximum absolute atomic E-state index is 5.92. The summed E-state index contributed by atoms with van der Waals surface area (Å²) in [7, 11) is 0. The van der Waals surface area contributed by atoms with Crippen molar-refractivity contribution in [3.05, 3.63) is 66.4 Å². The molecule has 0 saturated heterocycles. The molecule has 3 nitrogen and oxygen atoms in total. The van der Waals surface area contributed by atoms with Gasteiger partial charge in [0.05, 0.1) is 11.2 Å². The van der Waals surface area contributed by atoms with E-state index in [-0.39, 0.29) is 0 Å². The Balaban J connectivity index is 2.02. The van der Waals surface area contributed by atoms with Gasteiger partial charge in [0.1, 0.15) is 0 Å². The molecule has 102 valence electrons. The van der Waals surface area contributed by atoms with Crippen molar-refractivity contribution < 1.29 is 0 Å². The molecule has 3 N–H and O–H groups in total. The van der Waals surface area contributed by atoms with Crippen molar-refractivity contribution in [3.63, 3.8) is 0 Å². The molecule has 0 amide bonds. The molecule has 0 unspecified atom stereocenters. The molecule has 0 saturated carbocycles. The number of para-hydroxylation sites is 2. The topological polar surface area (TPSA) is 54.7 Å². The molecule has 0 spiro atoms. The van der Waals surface area contributed by atoms with E-state index in [0.29, 0.717) is 6.54 Å². The first-order chi connectivity index (χ1) is 10.4. The molecule has 21 heavy (non-hydrogen) atoms. The number of nitrogens with zero attached hydrogens (tertiary/aromatic N) is 1. The van der Waals surface area contributed by atoms with Crippen LogP contribution >= 0.6 is 0 Å². The largest absolute Gasteiger partial charge is 0.360 e. The van der Waals surface area contributed by atoms with Gasteiger partial charge in [0.25, 0.3) is 0 Å². The van der Waals surface area contributed by atoms with E-state index >= 15 is 0 Å². The highest BCUT2D eigenvalue weighted by Gasteiger charge is 2.10. The maximum atomic E-state index is 5.92. The molecule has 0 aliphatic heterocycles. The Morgan fingerprint density at radius 2 is 1.71 bits per heavy atom. The zero-order valence-corrected chi connectivity index (χ0v) is 11.5. The monoisotopic (exact) mass is 273 g/mol. The number of aromatic amines is 1. The standard InChI is InChI=1S/C18H15N3/c19-10-12-9-18(21-17-8-4-1-5-13(12)17)15-11-20-16-7-3-2-6-14(15)16/h1-9,11,20H,10,19H2. The molecule has 3 heteroatoms. The highest BCUT2D eigenvalue weighted by atomic mass is 14.7. The minimum absolute atomic E-state index is 0.512. The predicted octanol–water partition coefficient (Wildman–Crippen LogP) is 3.84. The highest BCUT2D eigenvalue weighted by Crippen LogP contribution is 2.30. The lowest BCUT2D eigenvalue weighted by Gasteiger charge is -2.07. The number of nitrogens with two attached hydrogens (primary N) is 1. The van der Waals surface area contributed by atoms with Gasteiger partial charge in [0.15, 0.2) is 0 Å². The first kappa shape index (κ1) is 12.1. The van der Waals surface area contributed by atoms with Crippen molar-refractivity contribution in [1.82, 2.24) is 9.97 Å². The van der Waals surface area contributed by atoms with Gasteiger partial charge in [-0.3, -0.25) is 0 Å². The third-order valence-corrected chi connectivity index (χ3v) is 3.89. The fourth-order valence-electron chi connectivity index (χ4n) is 2.84. The predicted molar refractivity (Wildman–Crippen MR) is 86.9 cm³/mol. The molecule has 2 heterocycles. The Bertz CT molecular complexity index is 937. The second kappa shape index (κ2) is 4.72. The fraction of sp³-hybridized carbons (Fsp3) is 0.0556. The van der Waals surface area contributed by atoms with Crippen LogP contribution in [-0.2, 0) is 6.54 Å². The molecule has 0 bridgehead atoms. The third-order valence-electron chi connectivity index (χ3n) is 3.89. The Morgan fingerprint density at radius 1 is 0.952 bits per heavy atom. The highest BCUT2D eigenvalue weighted by molar-refractivity contribution is 5.96. The average Bonchev–Trinajstić information content (AvgIpc) is 2.98. The molecular formula is C18H15N3. The molecule has 0 aliphatic rings. The van der Waals surface area contributed by atoms with E-state index in [1.54, 1.807) is 0 Å². The van der Waals surface area contributed by atoms with Crippen molar-refractivity contribution in [2.75, 3.05) is 0 Å². The van der Waals surface area contributed by atoms with Crippen LogP contribution in [0.2, 0.25) is 0 Å². The number of pyridine rings is 1. The molecule has 2 aromatic carbocycles. The Hall–Kier alpha value is -2.65. The van der Waals surface area contributed by atoms with Crippen LogP contribution in [0.15, 0.2) is 60.8 Å². The van der Waals surface area contributed by atoms with Gasteiger partial charge in [-0.1, -0.05) is 36.4 Å². The van der Waals surface area contributed by atoms with E-state index in [9.17, 15) is 0 Å². The summed E-state index contributed by atoms with van der Waals surface area (Å²) in [4.78, 5) is 8.10. The van der Waals surface area contributed by atoms with Crippen LogP contribution in [0.5, 0.6) is 0 Å². The summed E-state index contributed by atoms with van der Waals surface area (Å²) in [6.45, 7) is 0.512. The third kappa shape index (κ3) is 1.90. The van der Waals surface area contributed by atoms with Gasteiger partial charge in [0, 0.05) is 34.6 Å². The number of hydrogen-bond acceptors (Lipinski definition) is 2. The van der Waals surface area contributed by atoms with Crippen LogP contribution < -0.4 is 5.73 Å². The van der Waals surface area contributed by atoms with Crippen molar-refractivity contribution >= 4 is 21.8 Å². The SMILES string of the molecule is NCc1cc(-c2c[nH]c3ccccc23)nc2ccccc12. The summed E-state index contributed by atoms with van der Waals surface area (Å²) < 4.78 is 0. The lowest BCUT2D eigenvalue weighted by molar-refractivity contribution is 1.08. The Kier molecular flexibility index (Phi) is 2.72. The van der Waals surface area contributed by atoms with E-state index in [1.807, 2.05) is 36.5 Å². The summed E-state index contributed by atoms with van der Waals surface area (Å²) in [6, 6.07) is 18.5. The minimum atomic E-state index is 0.512. The van der Waals surface area contributed by atoms with Crippen LogP contribution in [0, 0.1) is 0 Å². The van der Waals surface area contributed by atoms with E-state index in [1.165, 1.54) is 5.39 Å². The number of benzene rings is 2. The Labute approximate surface area is 122 Å². The van der Waals surface area contributed by atoms with Gasteiger partial charge in [-0.2, -0.15) is 0 Å². The fourth-order valence-corrected chi connectivity index (χ4v) is 2.84.